The molecule has 2 atom stereocenters. The minimum Gasteiger partial charge on any atom is -0.484 e. The lowest BCUT2D eigenvalue weighted by molar-refractivity contribution is 0.0927. The molecular formula is C17H25F2NO. The third-order valence-corrected chi connectivity index (χ3v) is 4.06. The summed E-state index contributed by atoms with van der Waals surface area (Å²) in [4.78, 5) is 0. The van der Waals surface area contributed by atoms with Crippen LogP contribution in [0, 0.1) is 23.5 Å². The molecule has 4 heteroatoms. The molecule has 1 fully saturated rings. The smallest absolute Gasteiger partial charge is 0.191 e. The maximum Gasteiger partial charge on any atom is 0.191 e. The van der Waals surface area contributed by atoms with E-state index in [9.17, 15) is 8.78 Å². The van der Waals surface area contributed by atoms with Crippen LogP contribution < -0.4 is 10.1 Å². The maximum absolute atomic E-state index is 14.1. The molecule has 1 aromatic rings. The summed E-state index contributed by atoms with van der Waals surface area (Å²) < 4.78 is 33.8. The molecule has 118 valence electrons. The van der Waals surface area contributed by atoms with Crippen LogP contribution in [-0.2, 0) is 6.54 Å². The monoisotopic (exact) mass is 297 g/mol. The molecule has 0 amide bonds. The third kappa shape index (κ3) is 4.40. The first-order valence-corrected chi connectivity index (χ1v) is 7.84. The Kier molecular flexibility index (Phi) is 5.57. The van der Waals surface area contributed by atoms with E-state index in [1.165, 1.54) is 12.1 Å². The van der Waals surface area contributed by atoms with Crippen molar-refractivity contribution in [3.05, 3.63) is 29.3 Å². The van der Waals surface area contributed by atoms with Crippen molar-refractivity contribution in [2.45, 2.75) is 52.7 Å². The van der Waals surface area contributed by atoms with E-state index >= 15 is 0 Å². The number of benzene rings is 1. The van der Waals surface area contributed by atoms with Crippen molar-refractivity contribution in [3.8, 4) is 5.75 Å². The van der Waals surface area contributed by atoms with Crippen molar-refractivity contribution in [3.63, 3.8) is 0 Å². The fourth-order valence-electron chi connectivity index (χ4n) is 3.23. The van der Waals surface area contributed by atoms with Crippen LogP contribution in [-0.4, -0.2) is 12.6 Å². The number of hydrogen-bond acceptors (Lipinski definition) is 2. The fraction of sp³-hybridized carbons (Fsp3) is 0.647. The van der Waals surface area contributed by atoms with E-state index in [-0.39, 0.29) is 11.9 Å². The van der Waals surface area contributed by atoms with Crippen LogP contribution in [0.25, 0.3) is 0 Å². The van der Waals surface area contributed by atoms with E-state index in [0.29, 0.717) is 23.9 Å². The SMILES string of the molecule is CCNCc1cc(F)c(OC2CC(C)CC(C)C2)c(F)c1. The Bertz CT molecular complexity index is 445. The number of nitrogens with one attached hydrogen (secondary N) is 1. The Balaban J connectivity index is 2.09. The van der Waals surface area contributed by atoms with Crippen molar-refractivity contribution < 1.29 is 13.5 Å². The highest BCUT2D eigenvalue weighted by atomic mass is 19.1. The Morgan fingerprint density at radius 1 is 1.10 bits per heavy atom. The molecule has 1 aliphatic rings. The van der Waals surface area contributed by atoms with Crippen LogP contribution in [0.5, 0.6) is 5.75 Å². The molecule has 2 nitrogen and oxygen atoms in total. The number of ether oxygens (including phenoxy) is 1. The summed E-state index contributed by atoms with van der Waals surface area (Å²) in [6, 6.07) is 2.72. The van der Waals surface area contributed by atoms with Gasteiger partial charge in [0.25, 0.3) is 0 Å². The van der Waals surface area contributed by atoms with Crippen molar-refractivity contribution in [1.29, 1.82) is 0 Å². The predicted molar refractivity (Wildman–Crippen MR) is 80.3 cm³/mol. The van der Waals surface area contributed by atoms with Crippen molar-refractivity contribution >= 4 is 0 Å². The highest BCUT2D eigenvalue weighted by Crippen LogP contribution is 2.33. The second kappa shape index (κ2) is 7.21. The Morgan fingerprint density at radius 3 is 2.19 bits per heavy atom. The van der Waals surface area contributed by atoms with Gasteiger partial charge < -0.3 is 10.1 Å². The summed E-state index contributed by atoms with van der Waals surface area (Å²) in [6.07, 6.45) is 2.80. The molecule has 1 N–H and O–H groups in total. The molecule has 0 bridgehead atoms. The van der Waals surface area contributed by atoms with Gasteiger partial charge in [0.2, 0.25) is 0 Å². The largest absolute Gasteiger partial charge is 0.484 e. The fourth-order valence-corrected chi connectivity index (χ4v) is 3.23. The summed E-state index contributed by atoms with van der Waals surface area (Å²) in [7, 11) is 0. The van der Waals surface area contributed by atoms with E-state index in [1.807, 2.05) is 6.92 Å². The summed E-state index contributed by atoms with van der Waals surface area (Å²) in [5.74, 6) is -0.347. The zero-order valence-electron chi connectivity index (χ0n) is 13.1. The van der Waals surface area contributed by atoms with E-state index in [1.54, 1.807) is 0 Å². The van der Waals surface area contributed by atoms with E-state index in [0.717, 1.165) is 25.8 Å². The molecule has 0 heterocycles. The lowest BCUT2D eigenvalue weighted by Crippen LogP contribution is -2.29. The molecule has 0 aliphatic heterocycles. The van der Waals surface area contributed by atoms with Crippen LogP contribution in [0.15, 0.2) is 12.1 Å². The van der Waals surface area contributed by atoms with Gasteiger partial charge in [-0.05, 0) is 55.3 Å². The van der Waals surface area contributed by atoms with Gasteiger partial charge in [-0.25, -0.2) is 8.78 Å². The van der Waals surface area contributed by atoms with Crippen LogP contribution in [0.2, 0.25) is 0 Å². The van der Waals surface area contributed by atoms with Gasteiger partial charge in [0, 0.05) is 6.54 Å². The predicted octanol–water partition coefficient (Wildman–Crippen LogP) is 4.28. The quantitative estimate of drug-likeness (QED) is 0.876. The van der Waals surface area contributed by atoms with Crippen LogP contribution in [0.1, 0.15) is 45.6 Å². The highest BCUT2D eigenvalue weighted by Gasteiger charge is 2.27. The molecule has 2 rings (SSSR count). The van der Waals surface area contributed by atoms with E-state index < -0.39 is 11.6 Å². The lowest BCUT2D eigenvalue weighted by atomic mass is 9.82. The average Bonchev–Trinajstić information content (AvgIpc) is 2.39. The van der Waals surface area contributed by atoms with Gasteiger partial charge in [0.05, 0.1) is 6.10 Å². The summed E-state index contributed by atoms with van der Waals surface area (Å²) in [6.45, 7) is 7.51. The zero-order chi connectivity index (χ0) is 15.4. The Morgan fingerprint density at radius 2 is 1.67 bits per heavy atom. The van der Waals surface area contributed by atoms with Gasteiger partial charge in [-0.15, -0.1) is 0 Å². The molecule has 1 saturated carbocycles. The minimum atomic E-state index is -0.603. The lowest BCUT2D eigenvalue weighted by Gasteiger charge is -2.31. The first kappa shape index (κ1) is 16.2. The van der Waals surface area contributed by atoms with Crippen molar-refractivity contribution in [1.82, 2.24) is 5.32 Å². The summed E-state index contributed by atoms with van der Waals surface area (Å²) >= 11 is 0. The standard InChI is InChI=1S/C17H25F2NO/c1-4-20-10-13-8-15(18)17(16(19)9-13)21-14-6-11(2)5-12(3)7-14/h8-9,11-12,14,20H,4-7,10H2,1-3H3. The molecule has 0 aromatic heterocycles. The summed E-state index contributed by atoms with van der Waals surface area (Å²) in [5, 5.41) is 3.06. The molecule has 0 radical (unpaired) electrons. The summed E-state index contributed by atoms with van der Waals surface area (Å²) in [5.41, 5.74) is 0.601. The van der Waals surface area contributed by atoms with E-state index in [4.69, 9.17) is 4.74 Å². The molecular weight excluding hydrogens is 272 g/mol. The Hall–Kier alpha value is -1.16. The molecule has 0 spiro atoms. The van der Waals surface area contributed by atoms with Crippen molar-refractivity contribution in [2.75, 3.05) is 6.54 Å². The number of hydrogen-bond donors (Lipinski definition) is 1. The number of rotatable bonds is 5. The van der Waals surface area contributed by atoms with Crippen LogP contribution in [0.3, 0.4) is 0 Å². The molecule has 1 aromatic carbocycles. The molecule has 1 aliphatic carbocycles. The Labute approximate surface area is 125 Å². The first-order valence-electron chi connectivity index (χ1n) is 7.84. The van der Waals surface area contributed by atoms with Gasteiger partial charge >= 0.3 is 0 Å². The van der Waals surface area contributed by atoms with Gasteiger partial charge in [0.15, 0.2) is 17.4 Å². The average molecular weight is 297 g/mol. The van der Waals surface area contributed by atoms with Gasteiger partial charge in [-0.1, -0.05) is 20.8 Å². The van der Waals surface area contributed by atoms with Crippen molar-refractivity contribution in [2.24, 2.45) is 11.8 Å². The van der Waals surface area contributed by atoms with Crippen LogP contribution >= 0.6 is 0 Å². The van der Waals surface area contributed by atoms with Crippen LogP contribution in [0.4, 0.5) is 8.78 Å². The van der Waals surface area contributed by atoms with Gasteiger partial charge in [-0.3, -0.25) is 0 Å². The first-order chi connectivity index (χ1) is 9.99. The second-order valence-electron chi connectivity index (χ2n) is 6.33. The second-order valence-corrected chi connectivity index (χ2v) is 6.33. The normalized spacial score (nSPS) is 25.9. The van der Waals surface area contributed by atoms with Gasteiger partial charge in [-0.2, -0.15) is 0 Å². The minimum absolute atomic E-state index is 0.0904. The molecule has 0 saturated heterocycles. The maximum atomic E-state index is 14.1. The van der Waals surface area contributed by atoms with E-state index in [2.05, 4.69) is 19.2 Å². The van der Waals surface area contributed by atoms with Gasteiger partial charge in [0.1, 0.15) is 0 Å². The molecule has 2 unspecified atom stereocenters. The number of halogens is 2. The topological polar surface area (TPSA) is 21.3 Å². The molecule has 21 heavy (non-hydrogen) atoms. The highest BCUT2D eigenvalue weighted by molar-refractivity contribution is 5.31. The zero-order valence-corrected chi connectivity index (χ0v) is 13.1. The third-order valence-electron chi connectivity index (χ3n) is 4.06.